The summed E-state index contributed by atoms with van der Waals surface area (Å²) < 4.78 is 40.2. The molecule has 3 N–H and O–H groups in total. The molecule has 6 nitrogen and oxygen atoms in total. The molecule has 0 bridgehead atoms. The van der Waals surface area contributed by atoms with Gasteiger partial charge in [-0.15, -0.1) is 0 Å². The smallest absolute Gasteiger partial charge is 0.319 e. The number of carbonyl (C=O) groups excluding carboxylic acids is 2. The van der Waals surface area contributed by atoms with Gasteiger partial charge in [0.1, 0.15) is 23.5 Å². The van der Waals surface area contributed by atoms with E-state index in [1.54, 1.807) is 0 Å². The van der Waals surface area contributed by atoms with E-state index in [1.807, 2.05) is 0 Å². The predicted octanol–water partition coefficient (Wildman–Crippen LogP) is 2.92. The Morgan fingerprint density at radius 2 is 1.93 bits per heavy atom. The van der Waals surface area contributed by atoms with Crippen LogP contribution >= 0.6 is 11.6 Å². The van der Waals surface area contributed by atoms with Gasteiger partial charge in [-0.05, 0) is 24.3 Å². The van der Waals surface area contributed by atoms with Gasteiger partial charge >= 0.3 is 6.03 Å². The maximum absolute atomic E-state index is 13.9. The van der Waals surface area contributed by atoms with Crippen molar-refractivity contribution in [2.45, 2.75) is 12.6 Å². The second kappa shape index (κ2) is 8.07. The molecule has 2 aromatic rings. The minimum atomic E-state index is -1.00. The Hall–Kier alpha value is -2.78. The average Bonchev–Trinajstić information content (AvgIpc) is 2.64. The fourth-order valence-electron chi connectivity index (χ4n) is 2.79. The van der Waals surface area contributed by atoms with Crippen LogP contribution in [-0.4, -0.2) is 41.0 Å². The molecule has 1 aliphatic rings. The lowest BCUT2D eigenvalue weighted by atomic mass is 10.1. The number of halogens is 4. The van der Waals surface area contributed by atoms with E-state index >= 15 is 0 Å². The molecule has 1 atom stereocenters. The van der Waals surface area contributed by atoms with Crippen molar-refractivity contribution in [2.24, 2.45) is 5.73 Å². The number of hydrogen-bond donors (Lipinski definition) is 2. The van der Waals surface area contributed by atoms with Crippen LogP contribution in [-0.2, 0) is 11.3 Å². The van der Waals surface area contributed by atoms with Gasteiger partial charge in [0.05, 0.1) is 18.2 Å². The first-order valence-corrected chi connectivity index (χ1v) is 8.61. The second-order valence-corrected chi connectivity index (χ2v) is 6.71. The maximum Gasteiger partial charge on any atom is 0.323 e. The van der Waals surface area contributed by atoms with Crippen LogP contribution in [0.3, 0.4) is 0 Å². The van der Waals surface area contributed by atoms with Crippen molar-refractivity contribution in [2.75, 3.05) is 18.5 Å². The van der Waals surface area contributed by atoms with Crippen molar-refractivity contribution < 1.29 is 22.8 Å². The monoisotopic (exact) mass is 412 g/mol. The Bertz CT molecular complexity index is 928. The normalized spacial score (nSPS) is 17.0. The first-order valence-electron chi connectivity index (χ1n) is 8.24. The number of urea groups is 1. The summed E-state index contributed by atoms with van der Waals surface area (Å²) in [6.07, 6.45) is 0. The molecular formula is C18H16ClF3N4O2. The molecule has 0 aromatic heterocycles. The summed E-state index contributed by atoms with van der Waals surface area (Å²) in [6, 6.07) is 5.11. The van der Waals surface area contributed by atoms with Crippen molar-refractivity contribution in [3.8, 4) is 0 Å². The lowest BCUT2D eigenvalue weighted by molar-refractivity contribution is -0.138. The number of hydrogen-bond acceptors (Lipinski definition) is 3. The molecule has 1 saturated heterocycles. The number of anilines is 1. The summed E-state index contributed by atoms with van der Waals surface area (Å²) >= 11 is 5.69. The summed E-state index contributed by atoms with van der Waals surface area (Å²) in [5.74, 6) is -2.62. The Kier molecular flexibility index (Phi) is 5.76. The third-order valence-corrected chi connectivity index (χ3v) is 4.51. The lowest BCUT2D eigenvalue weighted by Gasteiger charge is -2.38. The van der Waals surface area contributed by atoms with Gasteiger partial charge in [0.25, 0.3) is 0 Å². The van der Waals surface area contributed by atoms with Crippen molar-refractivity contribution >= 4 is 29.2 Å². The minimum absolute atomic E-state index is 0.0536. The van der Waals surface area contributed by atoms with Crippen LogP contribution in [0.4, 0.5) is 23.7 Å². The Morgan fingerprint density at radius 3 is 2.61 bits per heavy atom. The zero-order chi connectivity index (χ0) is 20.4. The van der Waals surface area contributed by atoms with Crippen molar-refractivity contribution in [1.82, 2.24) is 9.80 Å². The Balaban J connectivity index is 1.72. The Labute approximate surface area is 163 Å². The number of rotatable bonds is 3. The van der Waals surface area contributed by atoms with E-state index in [2.05, 4.69) is 5.32 Å². The maximum atomic E-state index is 13.9. The molecule has 0 spiro atoms. The summed E-state index contributed by atoms with van der Waals surface area (Å²) in [4.78, 5) is 27.2. The molecular weight excluding hydrogens is 397 g/mol. The highest BCUT2D eigenvalue weighted by molar-refractivity contribution is 6.31. The van der Waals surface area contributed by atoms with E-state index in [1.165, 1.54) is 28.0 Å². The van der Waals surface area contributed by atoms with Gasteiger partial charge < -0.3 is 20.9 Å². The largest absolute Gasteiger partial charge is 0.323 e. The standard InChI is InChI=1S/C18H16ClF3N4O2/c19-13-6-12(3-4-14(13)21)24-18(28)26-8-16(23)17(27)25(9-26)7-10-1-2-11(20)5-15(10)22/h1-6,16H,7-9,23H2,(H,24,28). The number of amides is 3. The molecule has 0 aliphatic carbocycles. The minimum Gasteiger partial charge on any atom is -0.319 e. The zero-order valence-corrected chi connectivity index (χ0v) is 15.2. The van der Waals surface area contributed by atoms with Crippen LogP contribution in [0.15, 0.2) is 36.4 Å². The number of benzene rings is 2. The number of nitrogens with one attached hydrogen (secondary N) is 1. The fraction of sp³-hybridized carbons (Fsp3) is 0.222. The van der Waals surface area contributed by atoms with Crippen LogP contribution in [0, 0.1) is 17.5 Å². The number of carbonyl (C=O) groups is 2. The van der Waals surface area contributed by atoms with E-state index in [0.29, 0.717) is 6.07 Å². The molecule has 148 valence electrons. The summed E-state index contributed by atoms with van der Waals surface area (Å²) in [6.45, 7) is -0.378. The van der Waals surface area contributed by atoms with Crippen LogP contribution < -0.4 is 11.1 Å². The molecule has 0 saturated carbocycles. The van der Waals surface area contributed by atoms with Crippen LogP contribution in [0.2, 0.25) is 5.02 Å². The number of nitrogens with zero attached hydrogens (tertiary/aromatic N) is 2. The molecule has 2 aromatic carbocycles. The lowest BCUT2D eigenvalue weighted by Crippen LogP contribution is -2.60. The fourth-order valence-corrected chi connectivity index (χ4v) is 2.97. The highest BCUT2D eigenvalue weighted by Gasteiger charge is 2.33. The van der Waals surface area contributed by atoms with Crippen LogP contribution in [0.5, 0.6) is 0 Å². The molecule has 1 heterocycles. The second-order valence-electron chi connectivity index (χ2n) is 6.30. The van der Waals surface area contributed by atoms with Crippen LogP contribution in [0.1, 0.15) is 5.56 Å². The molecule has 1 unspecified atom stereocenters. The van der Waals surface area contributed by atoms with Gasteiger partial charge in [-0.3, -0.25) is 4.79 Å². The molecule has 3 rings (SSSR count). The average molecular weight is 413 g/mol. The number of nitrogens with two attached hydrogens (primary N) is 1. The first-order chi connectivity index (χ1) is 13.2. The third kappa shape index (κ3) is 4.37. The van der Waals surface area contributed by atoms with Gasteiger partial charge in [-0.25, -0.2) is 18.0 Å². The SMILES string of the molecule is NC1CN(C(=O)Nc2ccc(F)c(Cl)c2)CN(Cc2ccc(F)cc2F)C1=O. The quantitative estimate of drug-likeness (QED) is 0.813. The van der Waals surface area contributed by atoms with E-state index in [9.17, 15) is 22.8 Å². The third-order valence-electron chi connectivity index (χ3n) is 4.22. The highest BCUT2D eigenvalue weighted by Crippen LogP contribution is 2.21. The van der Waals surface area contributed by atoms with E-state index < -0.39 is 35.4 Å². The highest BCUT2D eigenvalue weighted by atomic mass is 35.5. The molecule has 1 aliphatic heterocycles. The van der Waals surface area contributed by atoms with E-state index in [-0.39, 0.29) is 36.0 Å². The van der Waals surface area contributed by atoms with Gasteiger partial charge in [-0.1, -0.05) is 17.7 Å². The van der Waals surface area contributed by atoms with Gasteiger partial charge in [0.2, 0.25) is 5.91 Å². The van der Waals surface area contributed by atoms with Gasteiger partial charge in [-0.2, -0.15) is 0 Å². The summed E-state index contributed by atoms with van der Waals surface area (Å²) in [7, 11) is 0. The summed E-state index contributed by atoms with van der Waals surface area (Å²) in [5, 5.41) is 2.38. The molecule has 28 heavy (non-hydrogen) atoms. The van der Waals surface area contributed by atoms with Crippen molar-refractivity contribution in [1.29, 1.82) is 0 Å². The molecule has 0 radical (unpaired) electrons. The zero-order valence-electron chi connectivity index (χ0n) is 14.5. The first kappa shape index (κ1) is 20.0. The molecule has 1 fully saturated rings. The summed E-state index contributed by atoms with van der Waals surface area (Å²) in [5.41, 5.74) is 6.17. The van der Waals surface area contributed by atoms with Crippen molar-refractivity contribution in [3.63, 3.8) is 0 Å². The molecule has 10 heteroatoms. The Morgan fingerprint density at radius 1 is 1.18 bits per heavy atom. The predicted molar refractivity (Wildman–Crippen MR) is 96.9 cm³/mol. The topological polar surface area (TPSA) is 78.7 Å². The van der Waals surface area contributed by atoms with Crippen molar-refractivity contribution in [3.05, 3.63) is 64.4 Å². The van der Waals surface area contributed by atoms with Gasteiger partial charge in [0.15, 0.2) is 0 Å². The van der Waals surface area contributed by atoms with Crippen LogP contribution in [0.25, 0.3) is 0 Å². The molecule has 3 amide bonds. The van der Waals surface area contributed by atoms with E-state index in [0.717, 1.165) is 12.1 Å². The van der Waals surface area contributed by atoms with E-state index in [4.69, 9.17) is 17.3 Å². The van der Waals surface area contributed by atoms with Gasteiger partial charge in [0, 0.05) is 23.9 Å².